The van der Waals surface area contributed by atoms with Crippen LogP contribution < -0.4 is 5.32 Å². The fourth-order valence-corrected chi connectivity index (χ4v) is 3.13. The number of hydrogen-bond donors (Lipinski definition) is 2. The molecule has 0 spiro atoms. The molecule has 0 aromatic carbocycles. The first-order chi connectivity index (χ1) is 8.10. The summed E-state index contributed by atoms with van der Waals surface area (Å²) in [7, 11) is 0. The maximum Gasteiger partial charge on any atom is 0.0726 e. The number of aliphatic hydroxyl groups is 1. The van der Waals surface area contributed by atoms with E-state index in [9.17, 15) is 5.11 Å². The Morgan fingerprint density at radius 1 is 1.41 bits per heavy atom. The van der Waals surface area contributed by atoms with Crippen LogP contribution in [0, 0.1) is 5.92 Å². The molecule has 3 unspecified atom stereocenters. The van der Waals surface area contributed by atoms with Crippen molar-refractivity contribution in [1.82, 2.24) is 5.32 Å². The molecular weight excluding hydrogens is 214 g/mol. The Bertz CT molecular complexity index is 240. The van der Waals surface area contributed by atoms with Gasteiger partial charge in [-0.2, -0.15) is 0 Å². The number of β-amino-alcohol motifs (C(OH)–C–C–N with tert-alkyl or cyclic N) is 1. The highest BCUT2D eigenvalue weighted by Crippen LogP contribution is 2.29. The molecule has 100 valence electrons. The monoisotopic (exact) mass is 241 g/mol. The SMILES string of the molecule is CC1OCCC1(C)NCC(O)CC1CCCC1. The molecule has 2 aliphatic rings. The van der Waals surface area contributed by atoms with Crippen molar-refractivity contribution in [3.8, 4) is 0 Å². The van der Waals surface area contributed by atoms with Crippen molar-refractivity contribution in [1.29, 1.82) is 0 Å². The first-order valence-electron chi connectivity index (χ1n) is 7.15. The zero-order valence-corrected chi connectivity index (χ0v) is 11.2. The second-order valence-corrected chi connectivity index (χ2v) is 6.10. The topological polar surface area (TPSA) is 41.5 Å². The number of rotatable bonds is 5. The lowest BCUT2D eigenvalue weighted by Crippen LogP contribution is -2.50. The first kappa shape index (κ1) is 13.3. The Morgan fingerprint density at radius 3 is 2.71 bits per heavy atom. The summed E-state index contributed by atoms with van der Waals surface area (Å²) in [5.41, 5.74) is 0.0522. The van der Waals surface area contributed by atoms with E-state index in [-0.39, 0.29) is 17.7 Å². The highest BCUT2D eigenvalue weighted by Gasteiger charge is 2.36. The zero-order valence-electron chi connectivity index (χ0n) is 11.2. The number of ether oxygens (including phenoxy) is 1. The molecule has 0 radical (unpaired) electrons. The zero-order chi connectivity index (χ0) is 12.3. The van der Waals surface area contributed by atoms with Crippen LogP contribution in [0.3, 0.4) is 0 Å². The van der Waals surface area contributed by atoms with Gasteiger partial charge in [0.2, 0.25) is 0 Å². The predicted octanol–water partition coefficient (Wildman–Crippen LogP) is 2.08. The van der Waals surface area contributed by atoms with Gasteiger partial charge in [0.05, 0.1) is 12.2 Å². The minimum absolute atomic E-state index is 0.0522. The van der Waals surface area contributed by atoms with Gasteiger partial charge >= 0.3 is 0 Å². The lowest BCUT2D eigenvalue weighted by molar-refractivity contribution is 0.0762. The van der Waals surface area contributed by atoms with Gasteiger partial charge in [-0.1, -0.05) is 25.7 Å². The van der Waals surface area contributed by atoms with Gasteiger partial charge in [0, 0.05) is 18.7 Å². The molecular formula is C14H27NO2. The number of hydrogen-bond acceptors (Lipinski definition) is 3. The minimum atomic E-state index is -0.192. The van der Waals surface area contributed by atoms with Crippen LogP contribution in [0.25, 0.3) is 0 Å². The summed E-state index contributed by atoms with van der Waals surface area (Å²) < 4.78 is 5.59. The largest absolute Gasteiger partial charge is 0.392 e. The van der Waals surface area contributed by atoms with E-state index in [1.165, 1.54) is 25.7 Å². The molecule has 2 rings (SSSR count). The van der Waals surface area contributed by atoms with Crippen LogP contribution in [-0.2, 0) is 4.74 Å². The van der Waals surface area contributed by atoms with E-state index in [2.05, 4.69) is 19.2 Å². The molecule has 17 heavy (non-hydrogen) atoms. The lowest BCUT2D eigenvalue weighted by Gasteiger charge is -2.30. The van der Waals surface area contributed by atoms with Crippen molar-refractivity contribution >= 4 is 0 Å². The van der Waals surface area contributed by atoms with E-state index in [1.54, 1.807) is 0 Å². The molecule has 1 saturated carbocycles. The van der Waals surface area contributed by atoms with Gasteiger partial charge in [-0.15, -0.1) is 0 Å². The van der Waals surface area contributed by atoms with Gasteiger partial charge in [0.15, 0.2) is 0 Å². The number of aliphatic hydroxyl groups excluding tert-OH is 1. The van der Waals surface area contributed by atoms with Crippen molar-refractivity contribution in [3.63, 3.8) is 0 Å². The summed E-state index contributed by atoms with van der Waals surface area (Å²) in [5, 5.41) is 13.6. The molecule has 0 aromatic heterocycles. The fraction of sp³-hybridized carbons (Fsp3) is 1.00. The van der Waals surface area contributed by atoms with E-state index >= 15 is 0 Å². The van der Waals surface area contributed by atoms with Gasteiger partial charge < -0.3 is 15.2 Å². The molecule has 1 heterocycles. The number of nitrogens with one attached hydrogen (secondary N) is 1. The third kappa shape index (κ3) is 3.43. The van der Waals surface area contributed by atoms with E-state index in [0.29, 0.717) is 6.54 Å². The Hall–Kier alpha value is -0.120. The fourth-order valence-electron chi connectivity index (χ4n) is 3.13. The minimum Gasteiger partial charge on any atom is -0.392 e. The Labute approximate surface area is 105 Å². The average Bonchev–Trinajstić information content (AvgIpc) is 2.89. The van der Waals surface area contributed by atoms with Gasteiger partial charge in [-0.05, 0) is 32.6 Å². The molecule has 1 aliphatic heterocycles. The van der Waals surface area contributed by atoms with Crippen LogP contribution in [0.2, 0.25) is 0 Å². The van der Waals surface area contributed by atoms with Gasteiger partial charge in [0.1, 0.15) is 0 Å². The summed E-state index contributed by atoms with van der Waals surface area (Å²) in [4.78, 5) is 0. The maximum absolute atomic E-state index is 10.1. The summed E-state index contributed by atoms with van der Waals surface area (Å²) >= 11 is 0. The molecule has 0 aromatic rings. The van der Waals surface area contributed by atoms with Crippen molar-refractivity contribution in [2.75, 3.05) is 13.2 Å². The van der Waals surface area contributed by atoms with E-state index in [0.717, 1.165) is 25.4 Å². The molecule has 1 aliphatic carbocycles. The molecule has 1 saturated heterocycles. The van der Waals surface area contributed by atoms with E-state index in [1.807, 2.05) is 0 Å². The average molecular weight is 241 g/mol. The summed E-state index contributed by atoms with van der Waals surface area (Å²) in [6.45, 7) is 5.86. The third-order valence-electron chi connectivity index (χ3n) is 4.71. The van der Waals surface area contributed by atoms with Crippen molar-refractivity contribution in [2.24, 2.45) is 5.92 Å². The van der Waals surface area contributed by atoms with Gasteiger partial charge in [0.25, 0.3) is 0 Å². The molecule has 0 amide bonds. The standard InChI is InChI=1S/C14H27NO2/c1-11-14(2,7-8-17-11)15-10-13(16)9-12-5-3-4-6-12/h11-13,15-16H,3-10H2,1-2H3. The summed E-state index contributed by atoms with van der Waals surface area (Å²) in [6, 6.07) is 0. The molecule has 2 N–H and O–H groups in total. The van der Waals surface area contributed by atoms with Crippen LogP contribution >= 0.6 is 0 Å². The van der Waals surface area contributed by atoms with Crippen molar-refractivity contribution in [2.45, 2.75) is 70.1 Å². The molecule has 0 bridgehead atoms. The Balaban J connectivity index is 1.69. The summed E-state index contributed by atoms with van der Waals surface area (Å²) in [5.74, 6) is 0.761. The second kappa shape index (κ2) is 5.68. The van der Waals surface area contributed by atoms with Crippen molar-refractivity contribution in [3.05, 3.63) is 0 Å². The van der Waals surface area contributed by atoms with Crippen LogP contribution in [-0.4, -0.2) is 36.0 Å². The molecule has 2 fully saturated rings. The Morgan fingerprint density at radius 2 is 2.12 bits per heavy atom. The van der Waals surface area contributed by atoms with Crippen molar-refractivity contribution < 1.29 is 9.84 Å². The summed E-state index contributed by atoms with van der Waals surface area (Å²) in [6.07, 6.45) is 7.41. The second-order valence-electron chi connectivity index (χ2n) is 6.10. The van der Waals surface area contributed by atoms with Gasteiger partial charge in [-0.3, -0.25) is 0 Å². The van der Waals surface area contributed by atoms with Gasteiger partial charge in [-0.25, -0.2) is 0 Å². The van der Waals surface area contributed by atoms with Crippen LogP contribution in [0.15, 0.2) is 0 Å². The predicted molar refractivity (Wildman–Crippen MR) is 69.0 cm³/mol. The normalized spacial score (nSPS) is 36.5. The quantitative estimate of drug-likeness (QED) is 0.774. The lowest BCUT2D eigenvalue weighted by atomic mass is 9.93. The highest BCUT2D eigenvalue weighted by atomic mass is 16.5. The van der Waals surface area contributed by atoms with E-state index < -0.39 is 0 Å². The van der Waals surface area contributed by atoms with Crippen LogP contribution in [0.1, 0.15) is 52.4 Å². The van der Waals surface area contributed by atoms with Crippen LogP contribution in [0.4, 0.5) is 0 Å². The molecule has 3 nitrogen and oxygen atoms in total. The maximum atomic E-state index is 10.1. The van der Waals surface area contributed by atoms with Crippen LogP contribution in [0.5, 0.6) is 0 Å². The smallest absolute Gasteiger partial charge is 0.0726 e. The third-order valence-corrected chi connectivity index (χ3v) is 4.71. The van der Waals surface area contributed by atoms with E-state index in [4.69, 9.17) is 4.74 Å². The highest BCUT2D eigenvalue weighted by molar-refractivity contribution is 4.94. The first-order valence-corrected chi connectivity index (χ1v) is 7.15. The molecule has 3 atom stereocenters. The Kier molecular flexibility index (Phi) is 4.45. The molecule has 3 heteroatoms.